The third-order valence-electron chi connectivity index (χ3n) is 6.04. The van der Waals surface area contributed by atoms with Crippen molar-refractivity contribution in [2.75, 3.05) is 0 Å². The molecule has 0 unspecified atom stereocenters. The predicted molar refractivity (Wildman–Crippen MR) is 110 cm³/mol. The third kappa shape index (κ3) is 5.60. The van der Waals surface area contributed by atoms with Crippen molar-refractivity contribution in [3.63, 3.8) is 0 Å². The van der Waals surface area contributed by atoms with Crippen molar-refractivity contribution >= 4 is 0 Å². The number of aryl methyl sites for hydroxylation is 2. The molecule has 1 heterocycles. The molecule has 1 fully saturated rings. The Bertz CT molecular complexity index is 703. The van der Waals surface area contributed by atoms with E-state index >= 15 is 0 Å². The fourth-order valence-electron chi connectivity index (χ4n) is 4.42. The van der Waals surface area contributed by atoms with Gasteiger partial charge in [0.15, 0.2) is 0 Å². The molecule has 0 N–H and O–H groups in total. The fourth-order valence-corrected chi connectivity index (χ4v) is 4.42. The first-order chi connectivity index (χ1) is 13.2. The summed E-state index contributed by atoms with van der Waals surface area (Å²) < 4.78 is 14.4. The number of hydrogen-bond donors (Lipinski definition) is 0. The maximum absolute atomic E-state index is 14.4. The first-order valence-corrected chi connectivity index (χ1v) is 10.8. The Morgan fingerprint density at radius 1 is 0.852 bits per heavy atom. The molecule has 3 heteroatoms. The number of benzene rings is 1. The van der Waals surface area contributed by atoms with Crippen LogP contribution in [0.5, 0.6) is 0 Å². The molecule has 1 saturated carbocycles. The Morgan fingerprint density at radius 2 is 1.59 bits per heavy atom. The molecule has 3 rings (SSSR count). The van der Waals surface area contributed by atoms with E-state index in [2.05, 4.69) is 24.0 Å². The van der Waals surface area contributed by atoms with E-state index in [0.29, 0.717) is 11.3 Å². The van der Waals surface area contributed by atoms with E-state index in [0.717, 1.165) is 42.4 Å². The second kappa shape index (κ2) is 9.96. The summed E-state index contributed by atoms with van der Waals surface area (Å²) in [4.78, 5) is 0. The normalized spacial score (nSPS) is 20.0. The smallest absolute Gasteiger partial charge is 0.132 e. The summed E-state index contributed by atoms with van der Waals surface area (Å²) in [7, 11) is 0. The predicted octanol–water partition coefficient (Wildman–Crippen LogP) is 6.77. The van der Waals surface area contributed by atoms with Crippen LogP contribution in [0.1, 0.15) is 76.5 Å². The maximum Gasteiger partial charge on any atom is 0.132 e. The molecule has 0 atom stereocenters. The monoisotopic (exact) mass is 368 g/mol. The van der Waals surface area contributed by atoms with Gasteiger partial charge in [-0.1, -0.05) is 64.9 Å². The Labute approximate surface area is 163 Å². The molecule has 0 saturated heterocycles. The summed E-state index contributed by atoms with van der Waals surface area (Å²) >= 11 is 0. The lowest BCUT2D eigenvalue weighted by molar-refractivity contribution is 0.252. The zero-order valence-corrected chi connectivity index (χ0v) is 16.9. The van der Waals surface area contributed by atoms with Crippen molar-refractivity contribution in [2.45, 2.75) is 78.1 Å². The summed E-state index contributed by atoms with van der Waals surface area (Å²) in [5.74, 6) is 1.60. The molecule has 0 bridgehead atoms. The fraction of sp³-hybridized carbons (Fsp3) is 0.583. The first-order valence-electron chi connectivity index (χ1n) is 10.8. The van der Waals surface area contributed by atoms with Crippen molar-refractivity contribution in [3.8, 4) is 11.3 Å². The van der Waals surface area contributed by atoms with Gasteiger partial charge in [0.25, 0.3) is 0 Å². The van der Waals surface area contributed by atoms with Gasteiger partial charge in [0.2, 0.25) is 0 Å². The molecule has 2 aromatic rings. The van der Waals surface area contributed by atoms with Gasteiger partial charge < -0.3 is 0 Å². The Kier molecular flexibility index (Phi) is 7.37. The van der Waals surface area contributed by atoms with Crippen molar-refractivity contribution in [2.24, 2.45) is 11.8 Å². The molecule has 0 amide bonds. The van der Waals surface area contributed by atoms with E-state index in [4.69, 9.17) is 0 Å². The molecule has 0 spiro atoms. The van der Waals surface area contributed by atoms with E-state index in [1.807, 2.05) is 24.3 Å². The van der Waals surface area contributed by atoms with Crippen LogP contribution in [0.3, 0.4) is 0 Å². The van der Waals surface area contributed by atoms with Crippen LogP contribution in [0.4, 0.5) is 4.39 Å². The summed E-state index contributed by atoms with van der Waals surface area (Å²) in [5, 5.41) is 8.66. The molecular formula is C24H33FN2. The quantitative estimate of drug-likeness (QED) is 0.513. The minimum atomic E-state index is -0.202. The van der Waals surface area contributed by atoms with Crippen molar-refractivity contribution in [1.29, 1.82) is 0 Å². The van der Waals surface area contributed by atoms with E-state index in [1.165, 1.54) is 44.9 Å². The van der Waals surface area contributed by atoms with Crippen LogP contribution in [0.2, 0.25) is 0 Å². The second-order valence-corrected chi connectivity index (χ2v) is 8.19. The molecule has 27 heavy (non-hydrogen) atoms. The minimum absolute atomic E-state index is 0.202. The van der Waals surface area contributed by atoms with Gasteiger partial charge in [0.1, 0.15) is 5.82 Å². The highest BCUT2D eigenvalue weighted by Gasteiger charge is 2.20. The van der Waals surface area contributed by atoms with Gasteiger partial charge >= 0.3 is 0 Å². The highest BCUT2D eigenvalue weighted by Crippen LogP contribution is 2.33. The van der Waals surface area contributed by atoms with Crippen LogP contribution in [-0.2, 0) is 12.8 Å². The third-order valence-corrected chi connectivity index (χ3v) is 6.04. The van der Waals surface area contributed by atoms with E-state index in [9.17, 15) is 4.39 Å². The second-order valence-electron chi connectivity index (χ2n) is 8.19. The van der Waals surface area contributed by atoms with Gasteiger partial charge in [-0.25, -0.2) is 4.39 Å². The molecule has 1 aromatic carbocycles. The number of rotatable bonds is 8. The maximum atomic E-state index is 14.4. The van der Waals surface area contributed by atoms with Gasteiger partial charge in [0, 0.05) is 5.56 Å². The number of hydrogen-bond acceptors (Lipinski definition) is 2. The SMILES string of the molecule is CCCc1ccc(-c2ccc(CCC3CCC(CCC)CC3)nn2)c(F)c1. The number of nitrogens with zero attached hydrogens (tertiary/aromatic N) is 2. The Balaban J connectivity index is 1.53. The van der Waals surface area contributed by atoms with Crippen LogP contribution in [0.15, 0.2) is 30.3 Å². The molecule has 1 aromatic heterocycles. The zero-order chi connectivity index (χ0) is 19.1. The van der Waals surface area contributed by atoms with Gasteiger partial charge in [-0.05, 0) is 60.9 Å². The van der Waals surface area contributed by atoms with Gasteiger partial charge in [-0.15, -0.1) is 0 Å². The number of aromatic nitrogens is 2. The van der Waals surface area contributed by atoms with E-state index in [-0.39, 0.29) is 5.82 Å². The van der Waals surface area contributed by atoms with Gasteiger partial charge in [0.05, 0.1) is 11.4 Å². The molecule has 0 aliphatic heterocycles. The van der Waals surface area contributed by atoms with Gasteiger partial charge in [-0.3, -0.25) is 0 Å². The minimum Gasteiger partial charge on any atom is -0.206 e. The van der Waals surface area contributed by atoms with Crippen LogP contribution in [-0.4, -0.2) is 10.2 Å². The van der Waals surface area contributed by atoms with Crippen LogP contribution >= 0.6 is 0 Å². The summed E-state index contributed by atoms with van der Waals surface area (Å²) in [6.07, 6.45) is 12.4. The molecule has 1 aliphatic carbocycles. The highest BCUT2D eigenvalue weighted by atomic mass is 19.1. The van der Waals surface area contributed by atoms with Crippen molar-refractivity contribution in [1.82, 2.24) is 10.2 Å². The van der Waals surface area contributed by atoms with Crippen molar-refractivity contribution < 1.29 is 4.39 Å². The Hall–Kier alpha value is -1.77. The average molecular weight is 369 g/mol. The van der Waals surface area contributed by atoms with Crippen LogP contribution < -0.4 is 0 Å². The Morgan fingerprint density at radius 3 is 2.19 bits per heavy atom. The molecule has 0 radical (unpaired) electrons. The lowest BCUT2D eigenvalue weighted by Crippen LogP contribution is -2.15. The van der Waals surface area contributed by atoms with E-state index in [1.54, 1.807) is 6.07 Å². The van der Waals surface area contributed by atoms with Crippen LogP contribution in [0, 0.1) is 17.7 Å². The van der Waals surface area contributed by atoms with Crippen LogP contribution in [0.25, 0.3) is 11.3 Å². The summed E-state index contributed by atoms with van der Waals surface area (Å²) in [6, 6.07) is 9.39. The molecule has 2 nitrogen and oxygen atoms in total. The standard InChI is InChI=1S/C24H33FN2/c1-3-5-18-7-9-19(10-8-18)11-13-21-14-16-24(27-26-21)22-15-12-20(6-4-2)17-23(22)25/h12,14-19H,3-11,13H2,1-2H3. The lowest BCUT2D eigenvalue weighted by Gasteiger charge is -2.28. The summed E-state index contributed by atoms with van der Waals surface area (Å²) in [6.45, 7) is 4.40. The molecule has 1 aliphatic rings. The highest BCUT2D eigenvalue weighted by molar-refractivity contribution is 5.59. The largest absolute Gasteiger partial charge is 0.206 e. The topological polar surface area (TPSA) is 25.8 Å². The molecule has 146 valence electrons. The van der Waals surface area contributed by atoms with E-state index < -0.39 is 0 Å². The van der Waals surface area contributed by atoms with Gasteiger partial charge in [-0.2, -0.15) is 10.2 Å². The average Bonchev–Trinajstić information content (AvgIpc) is 2.69. The number of halogens is 1. The summed E-state index contributed by atoms with van der Waals surface area (Å²) in [5.41, 5.74) is 3.23. The molecular weight excluding hydrogens is 335 g/mol. The lowest BCUT2D eigenvalue weighted by atomic mass is 9.78. The van der Waals surface area contributed by atoms with Crippen molar-refractivity contribution in [3.05, 3.63) is 47.4 Å². The first kappa shape index (κ1) is 20.0. The zero-order valence-electron chi connectivity index (χ0n) is 16.9.